The van der Waals surface area contributed by atoms with Crippen molar-refractivity contribution < 1.29 is 23.1 Å². The summed E-state index contributed by atoms with van der Waals surface area (Å²) in [6.07, 6.45) is -1.49. The van der Waals surface area contributed by atoms with Crippen molar-refractivity contribution in [2.24, 2.45) is 0 Å². The SMILES string of the molecule is O=C(NC1(CO)CCCC1)c1ccc(Br)c(C(F)(F)F)c1. The predicted octanol–water partition coefficient (Wildman–Crippen LogP) is 3.50. The lowest BCUT2D eigenvalue weighted by Gasteiger charge is -2.28. The van der Waals surface area contributed by atoms with Gasteiger partial charge in [-0.3, -0.25) is 4.79 Å². The van der Waals surface area contributed by atoms with Crippen molar-refractivity contribution in [3.8, 4) is 0 Å². The van der Waals surface area contributed by atoms with Crippen molar-refractivity contribution in [3.05, 3.63) is 33.8 Å². The van der Waals surface area contributed by atoms with Crippen LogP contribution in [0.15, 0.2) is 22.7 Å². The molecular weight excluding hydrogens is 351 g/mol. The van der Waals surface area contributed by atoms with Gasteiger partial charge in [0, 0.05) is 10.0 Å². The van der Waals surface area contributed by atoms with Gasteiger partial charge in [-0.15, -0.1) is 0 Å². The van der Waals surface area contributed by atoms with Gasteiger partial charge in [-0.05, 0) is 31.0 Å². The highest BCUT2D eigenvalue weighted by atomic mass is 79.9. The number of rotatable bonds is 3. The molecule has 1 saturated carbocycles. The summed E-state index contributed by atoms with van der Waals surface area (Å²) in [6.45, 7) is -0.207. The predicted molar refractivity (Wildman–Crippen MR) is 74.9 cm³/mol. The highest BCUT2D eigenvalue weighted by Crippen LogP contribution is 2.35. The van der Waals surface area contributed by atoms with Gasteiger partial charge in [-0.25, -0.2) is 0 Å². The van der Waals surface area contributed by atoms with Crippen molar-refractivity contribution in [1.29, 1.82) is 0 Å². The number of aliphatic hydroxyl groups excluding tert-OH is 1. The fraction of sp³-hybridized carbons (Fsp3) is 0.500. The lowest BCUT2D eigenvalue weighted by molar-refractivity contribution is -0.138. The Morgan fingerprint density at radius 2 is 1.95 bits per heavy atom. The standard InChI is InChI=1S/C14H15BrF3NO2/c15-11-4-3-9(7-10(11)14(16,17)18)12(21)19-13(8-20)5-1-2-6-13/h3-4,7,20H,1-2,5-6,8H2,(H,19,21). The Labute approximate surface area is 128 Å². The first-order valence-electron chi connectivity index (χ1n) is 6.57. The molecule has 2 N–H and O–H groups in total. The summed E-state index contributed by atoms with van der Waals surface area (Å²) >= 11 is 2.84. The minimum absolute atomic E-state index is 0.0646. The maximum absolute atomic E-state index is 12.8. The molecular formula is C14H15BrF3NO2. The normalized spacial score (nSPS) is 17.8. The number of benzene rings is 1. The lowest BCUT2D eigenvalue weighted by Crippen LogP contribution is -2.49. The van der Waals surface area contributed by atoms with Crippen LogP contribution in [0.25, 0.3) is 0 Å². The fourth-order valence-corrected chi connectivity index (χ4v) is 3.04. The van der Waals surface area contributed by atoms with Gasteiger partial charge >= 0.3 is 6.18 Å². The molecule has 0 aliphatic heterocycles. The van der Waals surface area contributed by atoms with Gasteiger partial charge in [0.2, 0.25) is 0 Å². The molecule has 1 aliphatic carbocycles. The van der Waals surface area contributed by atoms with Crippen LogP contribution in [0.3, 0.4) is 0 Å². The first kappa shape index (κ1) is 16.3. The van der Waals surface area contributed by atoms with Gasteiger partial charge in [-0.1, -0.05) is 28.8 Å². The van der Waals surface area contributed by atoms with Crippen LogP contribution in [0, 0.1) is 0 Å². The molecule has 0 spiro atoms. The first-order chi connectivity index (χ1) is 9.77. The van der Waals surface area contributed by atoms with Gasteiger partial charge in [-0.2, -0.15) is 13.2 Å². The van der Waals surface area contributed by atoms with Crippen LogP contribution in [0.5, 0.6) is 0 Å². The second-order valence-corrected chi connectivity index (χ2v) is 6.15. The largest absolute Gasteiger partial charge is 0.417 e. The molecule has 0 bridgehead atoms. The Morgan fingerprint density at radius 1 is 1.33 bits per heavy atom. The Bertz CT molecular complexity index is 540. The fourth-order valence-electron chi connectivity index (χ4n) is 2.57. The zero-order chi connectivity index (χ0) is 15.7. The molecule has 2 rings (SSSR count). The minimum Gasteiger partial charge on any atom is -0.394 e. The second-order valence-electron chi connectivity index (χ2n) is 5.29. The third-order valence-electron chi connectivity index (χ3n) is 3.78. The Morgan fingerprint density at radius 3 is 2.48 bits per heavy atom. The van der Waals surface area contributed by atoms with Crippen molar-refractivity contribution in [2.75, 3.05) is 6.61 Å². The summed E-state index contributed by atoms with van der Waals surface area (Å²) in [5, 5.41) is 12.1. The Hall–Kier alpha value is -1.08. The summed E-state index contributed by atoms with van der Waals surface area (Å²) in [4.78, 5) is 12.2. The smallest absolute Gasteiger partial charge is 0.394 e. The van der Waals surface area contributed by atoms with Gasteiger partial charge in [0.1, 0.15) is 0 Å². The monoisotopic (exact) mass is 365 g/mol. The van der Waals surface area contributed by atoms with Crippen molar-refractivity contribution >= 4 is 21.8 Å². The van der Waals surface area contributed by atoms with Crippen molar-refractivity contribution in [1.82, 2.24) is 5.32 Å². The zero-order valence-corrected chi connectivity index (χ0v) is 12.7. The number of carbonyl (C=O) groups excluding carboxylic acids is 1. The number of carbonyl (C=O) groups is 1. The molecule has 116 valence electrons. The Balaban J connectivity index is 2.24. The van der Waals surface area contributed by atoms with Crippen molar-refractivity contribution in [3.63, 3.8) is 0 Å². The molecule has 1 aromatic rings. The highest BCUT2D eigenvalue weighted by Gasteiger charge is 2.36. The molecule has 0 unspecified atom stereocenters. The van der Waals surface area contributed by atoms with Crippen LogP contribution in [-0.4, -0.2) is 23.2 Å². The Kier molecular flexibility index (Phi) is 4.63. The van der Waals surface area contributed by atoms with Gasteiger partial charge in [0.15, 0.2) is 0 Å². The molecule has 3 nitrogen and oxygen atoms in total. The molecule has 21 heavy (non-hydrogen) atoms. The number of hydrogen-bond acceptors (Lipinski definition) is 2. The average molecular weight is 366 g/mol. The van der Waals surface area contributed by atoms with E-state index >= 15 is 0 Å². The van der Waals surface area contributed by atoms with Crippen LogP contribution in [0.2, 0.25) is 0 Å². The van der Waals surface area contributed by atoms with Crippen molar-refractivity contribution in [2.45, 2.75) is 37.4 Å². The number of hydrogen-bond donors (Lipinski definition) is 2. The molecule has 0 atom stereocenters. The van der Waals surface area contributed by atoms with Crippen LogP contribution >= 0.6 is 15.9 Å². The molecule has 0 radical (unpaired) electrons. The molecule has 0 saturated heterocycles. The first-order valence-corrected chi connectivity index (χ1v) is 7.37. The van der Waals surface area contributed by atoms with Crippen LogP contribution < -0.4 is 5.32 Å². The third-order valence-corrected chi connectivity index (χ3v) is 4.47. The molecule has 7 heteroatoms. The maximum Gasteiger partial charge on any atom is 0.417 e. The summed E-state index contributed by atoms with van der Waals surface area (Å²) in [7, 11) is 0. The molecule has 1 aliphatic rings. The second kappa shape index (κ2) is 5.96. The van der Waals surface area contributed by atoms with Crippen LogP contribution in [0.4, 0.5) is 13.2 Å². The number of amides is 1. The summed E-state index contributed by atoms with van der Waals surface area (Å²) in [6, 6.07) is 3.35. The van der Waals surface area contributed by atoms with E-state index in [2.05, 4.69) is 21.2 Å². The molecule has 0 heterocycles. The van der Waals surface area contributed by atoms with E-state index < -0.39 is 23.2 Å². The van der Waals surface area contributed by atoms with Gasteiger partial charge in [0.05, 0.1) is 17.7 Å². The molecule has 1 aromatic carbocycles. The number of aliphatic hydroxyl groups is 1. The number of alkyl halides is 3. The minimum atomic E-state index is -4.53. The summed E-state index contributed by atoms with van der Waals surface area (Å²) in [5.41, 5.74) is -1.66. The van der Waals surface area contributed by atoms with E-state index in [9.17, 15) is 23.1 Å². The van der Waals surface area contributed by atoms with E-state index in [0.29, 0.717) is 12.8 Å². The third kappa shape index (κ3) is 3.58. The van der Waals surface area contributed by atoms with E-state index in [1.807, 2.05) is 0 Å². The van der Waals surface area contributed by atoms with E-state index in [0.717, 1.165) is 18.9 Å². The lowest BCUT2D eigenvalue weighted by atomic mass is 9.98. The number of halogens is 4. The topological polar surface area (TPSA) is 49.3 Å². The summed E-state index contributed by atoms with van der Waals surface area (Å²) in [5.74, 6) is -0.594. The number of nitrogens with one attached hydrogen (secondary N) is 1. The molecule has 1 amide bonds. The van der Waals surface area contributed by atoms with Gasteiger partial charge < -0.3 is 10.4 Å². The quantitative estimate of drug-likeness (QED) is 0.860. The maximum atomic E-state index is 12.8. The van der Waals surface area contributed by atoms with Crippen LogP contribution in [-0.2, 0) is 6.18 Å². The van der Waals surface area contributed by atoms with Gasteiger partial charge in [0.25, 0.3) is 5.91 Å². The van der Waals surface area contributed by atoms with E-state index in [1.165, 1.54) is 12.1 Å². The highest BCUT2D eigenvalue weighted by molar-refractivity contribution is 9.10. The van der Waals surface area contributed by atoms with E-state index in [4.69, 9.17) is 0 Å². The summed E-state index contributed by atoms with van der Waals surface area (Å²) < 4.78 is 38.4. The van der Waals surface area contributed by atoms with E-state index in [1.54, 1.807) is 0 Å². The zero-order valence-electron chi connectivity index (χ0n) is 11.1. The molecule has 1 fully saturated rings. The molecule has 0 aromatic heterocycles. The van der Waals surface area contributed by atoms with E-state index in [-0.39, 0.29) is 16.6 Å². The van der Waals surface area contributed by atoms with Crippen LogP contribution in [0.1, 0.15) is 41.6 Å². The average Bonchev–Trinajstić information content (AvgIpc) is 2.87.